The third-order valence-corrected chi connectivity index (χ3v) is 15.3. The largest absolute Gasteiger partial charge is 0.507 e. The van der Waals surface area contributed by atoms with E-state index in [1.54, 1.807) is 148 Å². The molecule has 0 bridgehead atoms. The SMILES string of the molecule is CC(C)(C)OC(=O)N[C@@H](C(=O)O)c1ccccc1.Cc1ccc(O)c(-c2nn(C)cc2C#Cc2ccc(NC(=O)[C@@H]3CCCCN3)cc2)c1.Cc1ccc(O)c(-c2nn(C)cc2C#Cc2ccc(NC(=O)[C@@H]3CCCCN3C(=O)[C@H](NC(=O)OC(C)(C)C)c3ccccc3)cc2)c1.[2HH].[2HH].[2H][2H].[2H][2H]. The van der Waals surface area contributed by atoms with Crippen LogP contribution >= 0.6 is 0 Å². The minimum Gasteiger partial charge on any atom is -0.507 e. The molecule has 512 valence electrons. The molecule has 2 aliphatic rings. The zero-order valence-electron chi connectivity index (χ0n) is 60.3. The maximum absolute atomic E-state index is 14.0. The van der Waals surface area contributed by atoms with Gasteiger partial charge in [0.1, 0.15) is 46.2 Å². The molecule has 0 saturated carbocycles. The van der Waals surface area contributed by atoms with Crippen molar-refractivity contribution >= 4 is 47.3 Å². The summed E-state index contributed by atoms with van der Waals surface area (Å²) in [5.41, 5.74) is 8.56. The van der Waals surface area contributed by atoms with E-state index in [0.29, 0.717) is 57.9 Å². The first-order valence-electron chi connectivity index (χ1n) is 34.1. The van der Waals surface area contributed by atoms with Gasteiger partial charge < -0.3 is 56.3 Å². The Hall–Kier alpha value is -11.2. The van der Waals surface area contributed by atoms with Gasteiger partial charge in [-0.2, -0.15) is 10.2 Å². The zero-order valence-corrected chi connectivity index (χ0v) is 56.3. The Morgan fingerprint density at radius 2 is 1.02 bits per heavy atom. The molecule has 6 aromatic carbocycles. The van der Waals surface area contributed by atoms with E-state index in [1.165, 1.54) is 0 Å². The predicted molar refractivity (Wildman–Crippen MR) is 380 cm³/mol. The van der Waals surface area contributed by atoms with Crippen molar-refractivity contribution in [3.05, 3.63) is 202 Å². The second-order valence-electron chi connectivity index (χ2n) is 25.7. The number of hydrogen-bond donors (Lipinski definition) is 8. The lowest BCUT2D eigenvalue weighted by Gasteiger charge is -2.37. The molecule has 97 heavy (non-hydrogen) atoms. The van der Waals surface area contributed by atoms with Gasteiger partial charge >= 0.3 is 18.2 Å². The van der Waals surface area contributed by atoms with Crippen molar-refractivity contribution in [1.82, 2.24) is 40.4 Å². The Labute approximate surface area is 575 Å². The zero-order chi connectivity index (χ0) is 74.0. The Balaban J connectivity index is 0.000000350. The normalized spacial score (nSPS) is 15.0. The summed E-state index contributed by atoms with van der Waals surface area (Å²) in [6.45, 7) is 15.6. The Morgan fingerprint density at radius 1 is 0.577 bits per heavy atom. The fourth-order valence-electron chi connectivity index (χ4n) is 10.7. The standard InChI is InChI=1S/C38H41N5O5.C25H26N4O2.C13H17NO4.4H2/c1-25-14-21-32(44)30(23-25)33-28(24-42(5)41-33)18-15-26-16-19-29(20-17-26)39-35(45)31-13-9-10-22-43(31)36(46)34(27-11-7-6-8-12-27)40-37(47)48-38(2,3)4;1-17-6-13-23(30)21(15-17)24-19(16-29(2)28-24)10-7-18-8-11-20(12-9-18)27-25(31)22-5-3-4-14-26-22;1-13(2,3)18-12(17)14-10(11(15)16)9-7-5-4-6-8-9;;;;/h6-8,11-12,14,16-17,19-21,23-24,31,34,44H,9-10,13,22H2,1-5H3,(H,39,45)(H,40,47);6,8-9,11-13,15-16,22,26,30H,3-5,14H2,1-2H3,(H,27,31);4-8,10H,1-3H3,(H,14,17)(H,15,16);4*1H/t31-,34+;22-;10-;;;;/m001..../s1/i;;;2*1+1D;2*1+1. The number of nitrogens with zero attached hydrogens (tertiary/aromatic N) is 5. The summed E-state index contributed by atoms with van der Waals surface area (Å²) in [5, 5.41) is 53.0. The predicted octanol–water partition coefficient (Wildman–Crippen LogP) is 13.0. The summed E-state index contributed by atoms with van der Waals surface area (Å²) >= 11 is 0. The molecule has 0 radical (unpaired) electrons. The number of benzene rings is 6. The number of carbonyl (C=O) groups excluding carboxylic acids is 5. The van der Waals surface area contributed by atoms with Crippen molar-refractivity contribution in [1.29, 1.82) is 0 Å². The molecular formula is C76H92N10O11. The van der Waals surface area contributed by atoms with E-state index in [1.807, 2.05) is 93.8 Å². The van der Waals surface area contributed by atoms with Gasteiger partial charge in [-0.1, -0.05) is 114 Å². The van der Waals surface area contributed by atoms with Gasteiger partial charge in [0.15, 0.2) is 6.04 Å². The molecule has 2 aromatic heterocycles. The summed E-state index contributed by atoms with van der Waals surface area (Å²) in [5.74, 6) is 11.1. The second-order valence-corrected chi connectivity index (χ2v) is 25.7. The van der Waals surface area contributed by atoms with Crippen LogP contribution in [0.4, 0.5) is 21.0 Å². The lowest BCUT2D eigenvalue weighted by Crippen LogP contribution is -2.53. The third kappa shape index (κ3) is 21.2. The van der Waals surface area contributed by atoms with Crippen molar-refractivity contribution < 1.29 is 62.4 Å². The number of phenolic OH excluding ortho intramolecular Hbond substituents is 2. The molecule has 21 heteroatoms. The molecule has 0 aliphatic carbocycles. The van der Waals surface area contributed by atoms with E-state index in [0.717, 1.165) is 72.2 Å². The first-order chi connectivity index (χ1) is 48.2. The molecule has 4 atom stereocenters. The van der Waals surface area contributed by atoms with E-state index in [2.05, 4.69) is 60.5 Å². The highest BCUT2D eigenvalue weighted by molar-refractivity contribution is 5.99. The van der Waals surface area contributed by atoms with Gasteiger partial charge in [0.25, 0.3) is 5.91 Å². The van der Waals surface area contributed by atoms with Crippen LogP contribution in [0.1, 0.15) is 145 Å². The minimum absolute atomic E-state index is 0. The highest BCUT2D eigenvalue weighted by Crippen LogP contribution is 2.33. The Kier molecular flexibility index (Phi) is 23.2. The van der Waals surface area contributed by atoms with Gasteiger partial charge in [0.2, 0.25) is 11.8 Å². The number of carbonyl (C=O) groups is 6. The lowest BCUT2D eigenvalue weighted by atomic mass is 9.98. The topological polar surface area (TPSA) is 281 Å². The summed E-state index contributed by atoms with van der Waals surface area (Å²) < 4.78 is 33.8. The van der Waals surface area contributed by atoms with E-state index < -0.39 is 47.5 Å². The fraction of sp³-hybridized carbons (Fsp3) is 0.316. The number of amides is 5. The molecule has 21 nitrogen and oxygen atoms in total. The molecule has 2 saturated heterocycles. The van der Waals surface area contributed by atoms with Gasteiger partial charge in [-0.3, -0.25) is 23.7 Å². The molecule has 8 N–H and O–H groups in total. The minimum atomic E-state index is -1.13. The number of carboxylic acids is 1. The van der Waals surface area contributed by atoms with Gasteiger partial charge in [-0.25, -0.2) is 14.4 Å². The maximum Gasteiger partial charge on any atom is 0.408 e. The molecule has 2 fully saturated rings. The molecule has 2 aliphatic heterocycles. The highest BCUT2D eigenvalue weighted by Gasteiger charge is 2.38. The van der Waals surface area contributed by atoms with E-state index >= 15 is 0 Å². The number of ether oxygens (including phenoxy) is 2. The van der Waals surface area contributed by atoms with Gasteiger partial charge in [0, 0.05) is 75.5 Å². The summed E-state index contributed by atoms with van der Waals surface area (Å²) in [4.78, 5) is 76.9. The average Bonchev–Trinajstić information content (AvgIpc) is 1.79. The number of alkyl carbamates (subject to hydrolysis) is 2. The van der Waals surface area contributed by atoms with Gasteiger partial charge in [0.05, 0.1) is 17.2 Å². The van der Waals surface area contributed by atoms with Crippen LogP contribution in [-0.2, 0) is 42.7 Å². The molecule has 8 aromatic rings. The molecule has 0 spiro atoms. The number of anilines is 2. The number of carboxylic acid groups (broad SMARTS) is 1. The molecule has 4 heterocycles. The monoisotopic (exact) mass is 1330 g/mol. The van der Waals surface area contributed by atoms with Crippen molar-refractivity contribution in [3.8, 4) is 57.7 Å². The number of rotatable bonds is 12. The number of aryl methyl sites for hydroxylation is 4. The van der Waals surface area contributed by atoms with Crippen molar-refractivity contribution in [3.63, 3.8) is 0 Å². The van der Waals surface area contributed by atoms with Crippen molar-refractivity contribution in [2.24, 2.45) is 14.1 Å². The summed E-state index contributed by atoms with van der Waals surface area (Å²) in [6, 6.07) is 39.9. The molecule has 0 unspecified atom stereocenters. The average molecular weight is 1330 g/mol. The summed E-state index contributed by atoms with van der Waals surface area (Å²) in [7, 11) is 3.64. The number of piperidine rings is 2. The van der Waals surface area contributed by atoms with Crippen LogP contribution in [0, 0.1) is 37.5 Å². The van der Waals surface area contributed by atoms with Crippen molar-refractivity contribution in [2.45, 2.75) is 129 Å². The summed E-state index contributed by atoms with van der Waals surface area (Å²) in [6.07, 6.45) is 7.31. The first-order valence-corrected chi connectivity index (χ1v) is 32.1. The van der Waals surface area contributed by atoms with E-state index in [9.17, 15) is 39.0 Å². The van der Waals surface area contributed by atoms with Crippen molar-refractivity contribution in [2.75, 3.05) is 23.7 Å². The number of aromatic nitrogens is 4. The van der Waals surface area contributed by atoms with Crippen LogP contribution < -0.4 is 26.6 Å². The van der Waals surface area contributed by atoms with Gasteiger partial charge in [-0.15, -0.1) is 0 Å². The van der Waals surface area contributed by atoms with Crippen LogP contribution in [0.25, 0.3) is 22.5 Å². The number of aromatic hydroxyl groups is 2. The second kappa shape index (κ2) is 32.8. The Morgan fingerprint density at radius 3 is 1.46 bits per heavy atom. The number of aliphatic carboxylic acids is 1. The number of nitrogens with one attached hydrogen (secondary N) is 5. The quantitative estimate of drug-likeness (QED) is 0.0528. The molecule has 10 rings (SSSR count). The smallest absolute Gasteiger partial charge is 0.408 e. The highest BCUT2D eigenvalue weighted by atomic mass is 16.6. The Bertz CT molecular complexity index is 4230. The lowest BCUT2D eigenvalue weighted by molar-refractivity contribution is -0.142. The van der Waals surface area contributed by atoms with Crippen LogP contribution in [0.15, 0.2) is 158 Å². The number of phenols is 2. The van der Waals surface area contributed by atoms with Crippen LogP contribution in [-0.4, -0.2) is 112 Å². The number of likely N-dealkylation sites (tertiary alicyclic amines) is 1. The maximum atomic E-state index is 14.0. The van der Waals surface area contributed by atoms with Crippen LogP contribution in [0.2, 0.25) is 0 Å². The molecular weight excluding hydrogens is 1230 g/mol. The number of hydrogen-bond acceptors (Lipinski definition) is 13. The molecule has 5 amide bonds. The van der Waals surface area contributed by atoms with Crippen LogP contribution in [0.3, 0.4) is 0 Å². The first kappa shape index (κ1) is 68.7. The third-order valence-electron chi connectivity index (χ3n) is 15.3. The van der Waals surface area contributed by atoms with Crippen LogP contribution in [0.5, 0.6) is 11.5 Å². The fourth-order valence-corrected chi connectivity index (χ4v) is 10.7. The van der Waals surface area contributed by atoms with E-state index in [4.69, 9.17) is 20.5 Å². The van der Waals surface area contributed by atoms with Gasteiger partial charge in [-0.05, 0) is 178 Å². The van der Waals surface area contributed by atoms with E-state index in [-0.39, 0.29) is 38.1 Å².